The van der Waals surface area contributed by atoms with Crippen LogP contribution in [0, 0.1) is 0 Å². The first-order valence-corrected chi connectivity index (χ1v) is 7.60. The summed E-state index contributed by atoms with van der Waals surface area (Å²) in [5.74, 6) is 0.180. The van der Waals surface area contributed by atoms with Gasteiger partial charge < -0.3 is 10.2 Å². The number of carbonyl (C=O) groups excluding carboxylic acids is 2. The van der Waals surface area contributed by atoms with E-state index in [9.17, 15) is 9.59 Å². The van der Waals surface area contributed by atoms with Crippen LogP contribution in [0.4, 0.5) is 10.6 Å². The van der Waals surface area contributed by atoms with Crippen LogP contribution in [-0.4, -0.2) is 46.9 Å². The largest absolute Gasteiger partial charge is 0.345 e. The first-order chi connectivity index (χ1) is 11.5. The number of carbonyl (C=O) groups is 2. The van der Waals surface area contributed by atoms with Crippen LogP contribution < -0.4 is 10.6 Å². The quantitative estimate of drug-likeness (QED) is 0.878. The lowest BCUT2D eigenvalue weighted by atomic mass is 10.1. The molecule has 1 unspecified atom stereocenters. The van der Waals surface area contributed by atoms with E-state index in [1.54, 1.807) is 38.6 Å². The van der Waals surface area contributed by atoms with E-state index >= 15 is 0 Å². The van der Waals surface area contributed by atoms with E-state index in [4.69, 9.17) is 0 Å². The maximum atomic E-state index is 12.1. The highest BCUT2D eigenvalue weighted by Gasteiger charge is 2.12. The Hall–Kier alpha value is -2.96. The third kappa shape index (κ3) is 5.05. The molecule has 2 aromatic rings. The highest BCUT2D eigenvalue weighted by atomic mass is 16.2. The van der Waals surface area contributed by atoms with E-state index in [1.165, 1.54) is 11.1 Å². The highest BCUT2D eigenvalue weighted by Crippen LogP contribution is 2.09. The molecule has 2 heterocycles. The second-order valence-electron chi connectivity index (χ2n) is 5.69. The summed E-state index contributed by atoms with van der Waals surface area (Å²) >= 11 is 0. The average molecular weight is 327 g/mol. The van der Waals surface area contributed by atoms with Crippen molar-refractivity contribution in [2.75, 3.05) is 19.4 Å². The number of aromatic nitrogens is 2. The minimum atomic E-state index is -0.367. The van der Waals surface area contributed by atoms with Crippen LogP contribution in [0.2, 0.25) is 0 Å². The maximum absolute atomic E-state index is 12.1. The highest BCUT2D eigenvalue weighted by molar-refractivity contribution is 5.96. The number of amides is 3. The Morgan fingerprint density at radius 3 is 2.71 bits per heavy atom. The molecule has 0 aliphatic heterocycles. The lowest BCUT2D eigenvalue weighted by Gasteiger charge is -2.15. The summed E-state index contributed by atoms with van der Waals surface area (Å²) in [4.78, 5) is 33.6. The fourth-order valence-corrected chi connectivity index (χ4v) is 2.19. The van der Waals surface area contributed by atoms with E-state index in [0.717, 1.165) is 5.56 Å². The van der Waals surface area contributed by atoms with Gasteiger partial charge in [0.05, 0.1) is 0 Å². The predicted molar refractivity (Wildman–Crippen MR) is 91.8 cm³/mol. The van der Waals surface area contributed by atoms with E-state index in [2.05, 4.69) is 20.6 Å². The molecule has 0 radical (unpaired) electrons. The molecule has 0 saturated carbocycles. The maximum Gasteiger partial charge on any atom is 0.320 e. The van der Waals surface area contributed by atoms with Gasteiger partial charge in [-0.15, -0.1) is 0 Å². The molecule has 126 valence electrons. The standard InChI is InChI=1S/C17H21N5O2/c1-12(9-13-5-4-7-18-11-13)20-17(24)21-15-10-14(6-8-19-15)16(23)22(2)3/h4-8,10-12H,9H2,1-3H3,(H2,19,20,21,24). The van der Waals surface area contributed by atoms with Gasteiger partial charge in [-0.1, -0.05) is 6.07 Å². The summed E-state index contributed by atoms with van der Waals surface area (Å²) in [5, 5.41) is 5.48. The molecule has 0 spiro atoms. The Morgan fingerprint density at radius 1 is 1.25 bits per heavy atom. The van der Waals surface area contributed by atoms with Crippen LogP contribution in [0.25, 0.3) is 0 Å². The third-order valence-corrected chi connectivity index (χ3v) is 3.30. The van der Waals surface area contributed by atoms with Crippen molar-refractivity contribution in [2.24, 2.45) is 0 Å². The monoisotopic (exact) mass is 327 g/mol. The van der Waals surface area contributed by atoms with Gasteiger partial charge >= 0.3 is 6.03 Å². The number of pyridine rings is 2. The van der Waals surface area contributed by atoms with Gasteiger partial charge in [0.2, 0.25) is 0 Å². The lowest BCUT2D eigenvalue weighted by Crippen LogP contribution is -2.37. The van der Waals surface area contributed by atoms with Crippen LogP contribution in [-0.2, 0) is 6.42 Å². The average Bonchev–Trinajstić information content (AvgIpc) is 2.54. The zero-order chi connectivity index (χ0) is 17.5. The minimum Gasteiger partial charge on any atom is -0.345 e. The van der Waals surface area contributed by atoms with Crippen LogP contribution in [0.1, 0.15) is 22.8 Å². The summed E-state index contributed by atoms with van der Waals surface area (Å²) in [6.45, 7) is 1.91. The van der Waals surface area contributed by atoms with Crippen molar-refractivity contribution in [3.05, 3.63) is 54.0 Å². The second kappa shape index (κ2) is 8.05. The molecule has 0 bridgehead atoms. The molecule has 0 saturated heterocycles. The Labute approximate surface area is 141 Å². The normalized spacial score (nSPS) is 11.5. The number of hydrogen-bond acceptors (Lipinski definition) is 4. The van der Waals surface area contributed by atoms with E-state index in [-0.39, 0.29) is 18.0 Å². The first-order valence-electron chi connectivity index (χ1n) is 7.60. The van der Waals surface area contributed by atoms with Gasteiger partial charge in [0.1, 0.15) is 5.82 Å². The van der Waals surface area contributed by atoms with Gasteiger partial charge in [0.25, 0.3) is 5.91 Å². The van der Waals surface area contributed by atoms with Gasteiger partial charge in [-0.25, -0.2) is 9.78 Å². The molecule has 0 fully saturated rings. The number of anilines is 1. The van der Waals surface area contributed by atoms with Gasteiger partial charge in [-0.05, 0) is 37.1 Å². The Morgan fingerprint density at radius 2 is 2.04 bits per heavy atom. The zero-order valence-corrected chi connectivity index (χ0v) is 14.0. The fourth-order valence-electron chi connectivity index (χ4n) is 2.19. The number of urea groups is 1. The molecule has 2 rings (SSSR count). The van der Waals surface area contributed by atoms with Crippen molar-refractivity contribution in [3.63, 3.8) is 0 Å². The van der Waals surface area contributed by atoms with Gasteiger partial charge in [0.15, 0.2) is 0 Å². The van der Waals surface area contributed by atoms with Crippen molar-refractivity contribution in [1.82, 2.24) is 20.2 Å². The second-order valence-corrected chi connectivity index (χ2v) is 5.69. The molecule has 3 amide bonds. The number of rotatable bonds is 5. The topological polar surface area (TPSA) is 87.2 Å². The lowest BCUT2D eigenvalue weighted by molar-refractivity contribution is 0.0827. The van der Waals surface area contributed by atoms with Crippen LogP contribution >= 0.6 is 0 Å². The first kappa shape index (κ1) is 17.4. The van der Waals surface area contributed by atoms with Crippen molar-refractivity contribution in [3.8, 4) is 0 Å². The molecule has 1 atom stereocenters. The molecule has 0 aliphatic carbocycles. The fraction of sp³-hybridized carbons (Fsp3) is 0.294. The summed E-state index contributed by atoms with van der Waals surface area (Å²) in [7, 11) is 3.34. The Balaban J connectivity index is 1.92. The molecular formula is C17H21N5O2. The number of nitrogens with zero attached hydrogens (tertiary/aromatic N) is 3. The summed E-state index contributed by atoms with van der Waals surface area (Å²) < 4.78 is 0. The molecular weight excluding hydrogens is 306 g/mol. The summed E-state index contributed by atoms with van der Waals surface area (Å²) in [5.41, 5.74) is 1.51. The van der Waals surface area contributed by atoms with E-state index < -0.39 is 0 Å². The number of hydrogen-bond donors (Lipinski definition) is 2. The van der Waals surface area contributed by atoms with Crippen LogP contribution in [0.15, 0.2) is 42.9 Å². The van der Waals surface area contributed by atoms with Crippen molar-refractivity contribution < 1.29 is 9.59 Å². The molecule has 7 nitrogen and oxygen atoms in total. The van der Waals surface area contributed by atoms with Crippen molar-refractivity contribution in [1.29, 1.82) is 0 Å². The molecule has 7 heteroatoms. The Bertz CT molecular complexity index is 703. The smallest absolute Gasteiger partial charge is 0.320 e. The minimum absolute atomic E-state index is 0.0687. The SMILES string of the molecule is CC(Cc1cccnc1)NC(=O)Nc1cc(C(=O)N(C)C)ccn1. The number of nitrogens with one attached hydrogen (secondary N) is 2. The van der Waals surface area contributed by atoms with Gasteiger partial charge in [-0.3, -0.25) is 15.1 Å². The van der Waals surface area contributed by atoms with Crippen molar-refractivity contribution in [2.45, 2.75) is 19.4 Å². The van der Waals surface area contributed by atoms with Crippen molar-refractivity contribution >= 4 is 17.8 Å². The predicted octanol–water partition coefficient (Wildman–Crippen LogP) is 1.93. The molecule has 0 aromatic carbocycles. The third-order valence-electron chi connectivity index (χ3n) is 3.30. The molecule has 24 heavy (non-hydrogen) atoms. The van der Waals surface area contributed by atoms with E-state index in [0.29, 0.717) is 17.8 Å². The zero-order valence-electron chi connectivity index (χ0n) is 14.0. The summed E-state index contributed by atoms with van der Waals surface area (Å²) in [6, 6.07) is 6.54. The van der Waals surface area contributed by atoms with E-state index in [1.807, 2.05) is 19.1 Å². The molecule has 0 aliphatic rings. The summed E-state index contributed by atoms with van der Waals surface area (Å²) in [6.07, 6.45) is 5.65. The van der Waals surface area contributed by atoms with Gasteiger partial charge in [-0.2, -0.15) is 0 Å². The molecule has 2 aromatic heterocycles. The van der Waals surface area contributed by atoms with Crippen LogP contribution in [0.5, 0.6) is 0 Å². The van der Waals surface area contributed by atoms with Gasteiger partial charge in [0, 0.05) is 44.3 Å². The van der Waals surface area contributed by atoms with Crippen LogP contribution in [0.3, 0.4) is 0 Å². The Kier molecular flexibility index (Phi) is 5.83. The molecule has 2 N–H and O–H groups in total.